The highest BCUT2D eigenvalue weighted by Gasteiger charge is 2.39. The van der Waals surface area contributed by atoms with E-state index in [-0.39, 0.29) is 18.9 Å². The molecule has 2 aromatic carbocycles. The maximum Gasteiger partial charge on any atom is 0.254 e. The van der Waals surface area contributed by atoms with Crippen LogP contribution in [0.2, 0.25) is 5.02 Å². The summed E-state index contributed by atoms with van der Waals surface area (Å²) in [5.41, 5.74) is 6.41. The number of nitrogens with two attached hydrogens (primary N) is 1. The van der Waals surface area contributed by atoms with E-state index < -0.39 is 11.3 Å². The Morgan fingerprint density at radius 3 is 2.53 bits per heavy atom. The molecular weight excluding hydrogens is 432 g/mol. The minimum atomic E-state index is -0.566. The first-order chi connectivity index (χ1) is 15.3. The molecule has 1 aliphatic heterocycles. The van der Waals surface area contributed by atoms with E-state index in [9.17, 15) is 9.59 Å². The number of rotatable bonds is 8. The van der Waals surface area contributed by atoms with Crippen molar-refractivity contribution in [1.29, 1.82) is 0 Å². The number of aryl methyl sites for hydroxylation is 1. The minimum absolute atomic E-state index is 0.134. The number of hydrogen-bond acceptors (Lipinski definition) is 5. The van der Waals surface area contributed by atoms with Crippen molar-refractivity contribution in [3.63, 3.8) is 0 Å². The van der Waals surface area contributed by atoms with Gasteiger partial charge >= 0.3 is 0 Å². The van der Waals surface area contributed by atoms with Crippen LogP contribution in [-0.2, 0) is 4.79 Å². The Morgan fingerprint density at radius 1 is 1.12 bits per heavy atom. The third-order valence-corrected chi connectivity index (χ3v) is 6.23. The number of halogens is 1. The fourth-order valence-electron chi connectivity index (χ4n) is 4.16. The van der Waals surface area contributed by atoms with Crippen molar-refractivity contribution in [2.75, 3.05) is 33.9 Å². The largest absolute Gasteiger partial charge is 0.493 e. The molecule has 1 aliphatic rings. The van der Waals surface area contributed by atoms with Crippen LogP contribution in [0.1, 0.15) is 35.2 Å². The SMILES string of the molecule is COc1ccc(C(=O)N2CCC[C@@](COc3ccc(Cl)c(C)c3)(CC(N)=O)C2)cc1OC. The van der Waals surface area contributed by atoms with Gasteiger partial charge in [0.15, 0.2) is 11.5 Å². The summed E-state index contributed by atoms with van der Waals surface area (Å²) in [5.74, 6) is 1.15. The van der Waals surface area contributed by atoms with Gasteiger partial charge in [-0.1, -0.05) is 11.6 Å². The van der Waals surface area contributed by atoms with Gasteiger partial charge < -0.3 is 24.8 Å². The highest BCUT2D eigenvalue weighted by molar-refractivity contribution is 6.31. The Balaban J connectivity index is 1.79. The van der Waals surface area contributed by atoms with Gasteiger partial charge in [-0.25, -0.2) is 0 Å². The second-order valence-electron chi connectivity index (χ2n) is 8.24. The number of benzene rings is 2. The molecule has 172 valence electrons. The lowest BCUT2D eigenvalue weighted by atomic mass is 9.77. The normalized spacial score (nSPS) is 18.2. The van der Waals surface area contributed by atoms with E-state index in [4.69, 9.17) is 31.5 Å². The van der Waals surface area contributed by atoms with E-state index in [2.05, 4.69) is 0 Å². The van der Waals surface area contributed by atoms with Crippen LogP contribution in [0.4, 0.5) is 0 Å². The third-order valence-electron chi connectivity index (χ3n) is 5.80. The monoisotopic (exact) mass is 460 g/mol. The summed E-state index contributed by atoms with van der Waals surface area (Å²) in [5, 5.41) is 0.661. The molecule has 0 unspecified atom stereocenters. The molecule has 0 bridgehead atoms. The molecule has 1 atom stereocenters. The molecule has 2 amide bonds. The zero-order chi connectivity index (χ0) is 23.3. The summed E-state index contributed by atoms with van der Waals surface area (Å²) in [4.78, 5) is 26.9. The van der Waals surface area contributed by atoms with Gasteiger partial charge in [0.1, 0.15) is 5.75 Å². The van der Waals surface area contributed by atoms with Gasteiger partial charge in [0.2, 0.25) is 5.91 Å². The average molecular weight is 461 g/mol. The Bertz CT molecular complexity index is 996. The molecule has 7 nitrogen and oxygen atoms in total. The number of methoxy groups -OCH3 is 2. The fourth-order valence-corrected chi connectivity index (χ4v) is 4.28. The molecule has 2 N–H and O–H groups in total. The van der Waals surface area contributed by atoms with Crippen LogP contribution >= 0.6 is 11.6 Å². The summed E-state index contributed by atoms with van der Waals surface area (Å²) in [6.07, 6.45) is 1.61. The van der Waals surface area contributed by atoms with Crippen LogP contribution in [0.5, 0.6) is 17.2 Å². The zero-order valence-electron chi connectivity index (χ0n) is 18.7. The number of piperidine rings is 1. The predicted molar refractivity (Wildman–Crippen MR) is 123 cm³/mol. The number of hydrogen-bond donors (Lipinski definition) is 1. The van der Waals surface area contributed by atoms with Crippen LogP contribution in [0.25, 0.3) is 0 Å². The van der Waals surface area contributed by atoms with Crippen molar-refractivity contribution < 1.29 is 23.8 Å². The number of primary amides is 1. The molecule has 1 fully saturated rings. The lowest BCUT2D eigenvalue weighted by Crippen LogP contribution is -2.50. The summed E-state index contributed by atoms with van der Waals surface area (Å²) >= 11 is 6.10. The first-order valence-electron chi connectivity index (χ1n) is 10.5. The summed E-state index contributed by atoms with van der Waals surface area (Å²) < 4.78 is 16.6. The van der Waals surface area contributed by atoms with Gasteiger partial charge in [0.25, 0.3) is 5.91 Å². The van der Waals surface area contributed by atoms with E-state index in [1.165, 1.54) is 7.11 Å². The molecule has 1 saturated heterocycles. The summed E-state index contributed by atoms with van der Waals surface area (Å²) in [6, 6.07) is 10.5. The first-order valence-corrected chi connectivity index (χ1v) is 10.8. The molecule has 2 aromatic rings. The smallest absolute Gasteiger partial charge is 0.254 e. The van der Waals surface area contributed by atoms with Gasteiger partial charge in [0, 0.05) is 35.5 Å². The number of nitrogens with zero attached hydrogens (tertiary/aromatic N) is 1. The number of ether oxygens (including phenoxy) is 3. The van der Waals surface area contributed by atoms with Crippen molar-refractivity contribution in [2.24, 2.45) is 11.1 Å². The quantitative estimate of drug-likeness (QED) is 0.646. The van der Waals surface area contributed by atoms with Crippen molar-refractivity contribution in [3.8, 4) is 17.2 Å². The van der Waals surface area contributed by atoms with Crippen molar-refractivity contribution >= 4 is 23.4 Å². The number of carbonyl (C=O) groups is 2. The summed E-state index contributed by atoms with van der Waals surface area (Å²) in [6.45, 7) is 3.13. The zero-order valence-corrected chi connectivity index (χ0v) is 19.4. The van der Waals surface area contributed by atoms with Crippen molar-refractivity contribution in [2.45, 2.75) is 26.2 Å². The molecule has 0 aliphatic carbocycles. The van der Waals surface area contributed by atoms with Gasteiger partial charge in [-0.15, -0.1) is 0 Å². The number of carbonyl (C=O) groups excluding carboxylic acids is 2. The molecule has 0 saturated carbocycles. The third kappa shape index (κ3) is 5.46. The maximum atomic E-state index is 13.3. The highest BCUT2D eigenvalue weighted by atomic mass is 35.5. The van der Waals surface area contributed by atoms with Crippen LogP contribution in [0.15, 0.2) is 36.4 Å². The Kier molecular flexibility index (Phi) is 7.51. The minimum Gasteiger partial charge on any atom is -0.493 e. The van der Waals surface area contributed by atoms with Gasteiger partial charge in [-0.05, 0) is 61.7 Å². The van der Waals surface area contributed by atoms with Crippen molar-refractivity contribution in [3.05, 3.63) is 52.5 Å². The lowest BCUT2D eigenvalue weighted by molar-refractivity contribution is -0.122. The molecule has 0 radical (unpaired) electrons. The van der Waals surface area contributed by atoms with Crippen LogP contribution in [-0.4, -0.2) is 50.6 Å². The van der Waals surface area contributed by atoms with Crippen LogP contribution in [0, 0.1) is 12.3 Å². The Labute approximate surface area is 193 Å². The van der Waals surface area contributed by atoms with Crippen LogP contribution < -0.4 is 19.9 Å². The molecule has 0 spiro atoms. The molecule has 1 heterocycles. The van der Waals surface area contributed by atoms with E-state index >= 15 is 0 Å². The van der Waals surface area contributed by atoms with E-state index in [1.807, 2.05) is 13.0 Å². The van der Waals surface area contributed by atoms with Gasteiger partial charge in [-0.3, -0.25) is 9.59 Å². The molecule has 32 heavy (non-hydrogen) atoms. The highest BCUT2D eigenvalue weighted by Crippen LogP contribution is 2.36. The van der Waals surface area contributed by atoms with Gasteiger partial charge in [0.05, 0.1) is 20.8 Å². The number of likely N-dealkylation sites (tertiary alicyclic amines) is 1. The second kappa shape index (κ2) is 10.1. The Hall–Kier alpha value is -2.93. The average Bonchev–Trinajstić information content (AvgIpc) is 2.78. The Morgan fingerprint density at radius 2 is 1.88 bits per heavy atom. The fraction of sp³-hybridized carbons (Fsp3) is 0.417. The molecule has 8 heteroatoms. The first kappa shape index (κ1) is 23.7. The summed E-state index contributed by atoms with van der Waals surface area (Å²) in [7, 11) is 3.07. The van der Waals surface area contributed by atoms with Gasteiger partial charge in [-0.2, -0.15) is 0 Å². The molecule has 0 aromatic heterocycles. The molecule has 3 rings (SSSR count). The molecular formula is C24H29ClN2O5. The standard InChI is InChI=1S/C24H29ClN2O5/c1-16-11-18(6-7-19(16)25)32-15-24(13-22(26)28)9-4-10-27(14-24)23(29)17-5-8-20(30-2)21(12-17)31-3/h5-8,11-12H,4,9-10,13-15H2,1-3H3,(H2,26,28)/t24-/m1/s1. The lowest BCUT2D eigenvalue weighted by Gasteiger charge is -2.42. The topological polar surface area (TPSA) is 91.1 Å². The van der Waals surface area contributed by atoms with E-state index in [0.717, 1.165) is 18.4 Å². The maximum absolute atomic E-state index is 13.3. The van der Waals surface area contributed by atoms with Crippen LogP contribution in [0.3, 0.4) is 0 Å². The van der Waals surface area contributed by atoms with E-state index in [1.54, 1.807) is 42.3 Å². The number of amides is 2. The predicted octanol–water partition coefficient (Wildman–Crippen LogP) is 3.84. The van der Waals surface area contributed by atoms with E-state index in [0.29, 0.717) is 40.9 Å². The van der Waals surface area contributed by atoms with Crippen molar-refractivity contribution in [1.82, 2.24) is 4.90 Å². The second-order valence-corrected chi connectivity index (χ2v) is 8.65.